The molecule has 1 fully saturated rings. The number of hydrogen-bond acceptors (Lipinski definition) is 4. The Balaban J connectivity index is 1.97. The molecule has 20 heavy (non-hydrogen) atoms. The summed E-state index contributed by atoms with van der Waals surface area (Å²) in [5.41, 5.74) is 5.97. The van der Waals surface area contributed by atoms with Crippen LogP contribution in [0.4, 0.5) is 4.39 Å². The first-order chi connectivity index (χ1) is 9.61. The van der Waals surface area contributed by atoms with Gasteiger partial charge in [-0.2, -0.15) is 0 Å². The summed E-state index contributed by atoms with van der Waals surface area (Å²) in [6.07, 6.45) is 1.12. The second kappa shape index (κ2) is 6.33. The number of nitrogens with two attached hydrogens (primary N) is 1. The van der Waals surface area contributed by atoms with Crippen molar-refractivity contribution in [3.05, 3.63) is 35.1 Å². The largest absolute Gasteiger partial charge is 0.409 e. The molecule has 6 nitrogen and oxygen atoms in total. The Morgan fingerprint density at radius 2 is 2.40 bits per heavy atom. The van der Waals surface area contributed by atoms with Gasteiger partial charge in [0.2, 0.25) is 5.91 Å². The molecule has 4 N–H and O–H groups in total. The van der Waals surface area contributed by atoms with Gasteiger partial charge in [0.15, 0.2) is 5.84 Å². The minimum absolute atomic E-state index is 0.0704. The van der Waals surface area contributed by atoms with Gasteiger partial charge in [-0.15, -0.1) is 0 Å². The summed E-state index contributed by atoms with van der Waals surface area (Å²) in [6.45, 7) is 0.655. The van der Waals surface area contributed by atoms with Crippen molar-refractivity contribution in [3.63, 3.8) is 0 Å². The lowest BCUT2D eigenvalue weighted by Crippen LogP contribution is -2.33. The number of oxime groups is 1. The molecule has 0 aliphatic carbocycles. The third kappa shape index (κ3) is 3.24. The first-order valence-electron chi connectivity index (χ1n) is 6.27. The molecule has 1 amide bonds. The number of amidine groups is 1. The molecule has 0 aromatic heterocycles. The van der Waals surface area contributed by atoms with E-state index in [1.807, 2.05) is 0 Å². The number of benzene rings is 1. The van der Waals surface area contributed by atoms with E-state index < -0.39 is 11.9 Å². The van der Waals surface area contributed by atoms with Crippen molar-refractivity contribution in [2.45, 2.75) is 25.5 Å². The maximum Gasteiger partial charge on any atom is 0.249 e. The molecule has 1 heterocycles. The number of halogens is 1. The van der Waals surface area contributed by atoms with Crippen LogP contribution in [0.15, 0.2) is 23.4 Å². The van der Waals surface area contributed by atoms with Gasteiger partial charge in [-0.25, -0.2) is 4.39 Å². The van der Waals surface area contributed by atoms with Gasteiger partial charge in [0.25, 0.3) is 0 Å². The van der Waals surface area contributed by atoms with Crippen LogP contribution in [0.25, 0.3) is 0 Å². The fraction of sp³-hybridized carbons (Fsp3) is 0.385. The van der Waals surface area contributed by atoms with Gasteiger partial charge in [0, 0.05) is 24.3 Å². The quantitative estimate of drug-likeness (QED) is 0.328. The van der Waals surface area contributed by atoms with Crippen LogP contribution in [-0.2, 0) is 16.1 Å². The van der Waals surface area contributed by atoms with E-state index in [2.05, 4.69) is 10.5 Å². The fourth-order valence-corrected chi connectivity index (χ4v) is 1.99. The van der Waals surface area contributed by atoms with E-state index in [1.165, 1.54) is 12.1 Å². The van der Waals surface area contributed by atoms with Crippen LogP contribution in [0, 0.1) is 5.82 Å². The van der Waals surface area contributed by atoms with Crippen LogP contribution >= 0.6 is 0 Å². The summed E-state index contributed by atoms with van der Waals surface area (Å²) in [6, 6.07) is 4.16. The number of nitrogens with zero attached hydrogens (tertiary/aromatic N) is 1. The van der Waals surface area contributed by atoms with E-state index in [4.69, 9.17) is 15.7 Å². The molecule has 1 atom stereocenters. The van der Waals surface area contributed by atoms with Crippen LogP contribution in [0.2, 0.25) is 0 Å². The van der Waals surface area contributed by atoms with Crippen molar-refractivity contribution in [1.29, 1.82) is 0 Å². The Kier molecular flexibility index (Phi) is 4.52. The topological polar surface area (TPSA) is 96.9 Å². The van der Waals surface area contributed by atoms with Gasteiger partial charge in [-0.1, -0.05) is 17.3 Å². The summed E-state index contributed by atoms with van der Waals surface area (Å²) in [5.74, 6) is -0.928. The monoisotopic (exact) mass is 281 g/mol. The second-order valence-electron chi connectivity index (χ2n) is 4.51. The van der Waals surface area contributed by atoms with Crippen molar-refractivity contribution in [2.24, 2.45) is 10.9 Å². The van der Waals surface area contributed by atoms with Crippen LogP contribution in [-0.4, -0.2) is 29.7 Å². The Morgan fingerprint density at radius 1 is 1.60 bits per heavy atom. The number of rotatable bonds is 4. The Morgan fingerprint density at radius 3 is 3.00 bits per heavy atom. The maximum absolute atomic E-state index is 13.8. The standard InChI is InChI=1S/C13H16FN3O3/c14-10-6-8(12(15)17-19)3-4-9(10)7-16-13(18)11-2-1-5-20-11/h3-4,6,11,19H,1-2,5,7H2,(H2,15,17)(H,16,18). The molecule has 0 spiro atoms. The van der Waals surface area contributed by atoms with Gasteiger partial charge >= 0.3 is 0 Å². The van der Waals surface area contributed by atoms with Crippen LogP contribution < -0.4 is 11.1 Å². The van der Waals surface area contributed by atoms with Crippen molar-refractivity contribution in [2.75, 3.05) is 6.61 Å². The highest BCUT2D eigenvalue weighted by atomic mass is 19.1. The normalized spacial score (nSPS) is 19.1. The molecule has 0 bridgehead atoms. The predicted octanol–water partition coefficient (Wildman–Crippen LogP) is 0.715. The molecular formula is C13H16FN3O3. The van der Waals surface area contributed by atoms with Crippen molar-refractivity contribution in [3.8, 4) is 0 Å². The van der Waals surface area contributed by atoms with Gasteiger partial charge < -0.3 is 21.0 Å². The van der Waals surface area contributed by atoms with Crippen LogP contribution in [0.1, 0.15) is 24.0 Å². The molecule has 0 saturated carbocycles. The molecule has 1 aromatic rings. The number of carbonyl (C=O) groups is 1. The average Bonchev–Trinajstić information content (AvgIpc) is 2.99. The van der Waals surface area contributed by atoms with E-state index in [1.54, 1.807) is 0 Å². The third-order valence-corrected chi connectivity index (χ3v) is 3.13. The minimum Gasteiger partial charge on any atom is -0.409 e. The third-order valence-electron chi connectivity index (χ3n) is 3.13. The molecule has 1 aliphatic rings. The highest BCUT2D eigenvalue weighted by molar-refractivity contribution is 5.97. The summed E-state index contributed by atoms with van der Waals surface area (Å²) in [7, 11) is 0. The fourth-order valence-electron chi connectivity index (χ4n) is 1.99. The molecule has 7 heteroatoms. The van der Waals surface area contributed by atoms with E-state index in [0.29, 0.717) is 18.6 Å². The molecule has 1 unspecified atom stereocenters. The van der Waals surface area contributed by atoms with Crippen molar-refractivity contribution >= 4 is 11.7 Å². The highest BCUT2D eigenvalue weighted by Gasteiger charge is 2.23. The highest BCUT2D eigenvalue weighted by Crippen LogP contribution is 2.13. The zero-order valence-corrected chi connectivity index (χ0v) is 10.8. The molecule has 1 saturated heterocycles. The number of carbonyl (C=O) groups excluding carboxylic acids is 1. The second-order valence-corrected chi connectivity index (χ2v) is 4.51. The Bertz CT molecular complexity index is 528. The van der Waals surface area contributed by atoms with Crippen molar-refractivity contribution in [1.82, 2.24) is 5.32 Å². The van der Waals surface area contributed by atoms with E-state index in [-0.39, 0.29) is 23.9 Å². The number of hydrogen-bond donors (Lipinski definition) is 3. The number of nitrogens with one attached hydrogen (secondary N) is 1. The molecule has 108 valence electrons. The molecule has 1 aromatic carbocycles. The van der Waals surface area contributed by atoms with E-state index in [0.717, 1.165) is 12.5 Å². The molecule has 0 radical (unpaired) electrons. The van der Waals surface area contributed by atoms with E-state index >= 15 is 0 Å². The Hall–Kier alpha value is -2.15. The average molecular weight is 281 g/mol. The lowest BCUT2D eigenvalue weighted by molar-refractivity contribution is -0.130. The van der Waals surface area contributed by atoms with Crippen LogP contribution in [0.3, 0.4) is 0 Å². The molecule has 1 aliphatic heterocycles. The number of amides is 1. The van der Waals surface area contributed by atoms with Gasteiger partial charge in [0.1, 0.15) is 11.9 Å². The Labute approximate surface area is 115 Å². The lowest BCUT2D eigenvalue weighted by atomic mass is 10.1. The SMILES string of the molecule is NC(=NO)c1ccc(CNC(=O)C2CCCO2)c(F)c1. The first-order valence-corrected chi connectivity index (χ1v) is 6.27. The molecular weight excluding hydrogens is 265 g/mol. The summed E-state index contributed by atoms with van der Waals surface area (Å²) in [5, 5.41) is 13.9. The first kappa shape index (κ1) is 14.3. The van der Waals surface area contributed by atoms with Gasteiger partial charge in [-0.05, 0) is 18.9 Å². The number of ether oxygens (including phenoxy) is 1. The summed E-state index contributed by atoms with van der Waals surface area (Å²) in [4.78, 5) is 11.7. The van der Waals surface area contributed by atoms with Gasteiger partial charge in [-0.3, -0.25) is 4.79 Å². The maximum atomic E-state index is 13.8. The lowest BCUT2D eigenvalue weighted by Gasteiger charge is -2.11. The smallest absolute Gasteiger partial charge is 0.249 e. The van der Waals surface area contributed by atoms with Crippen molar-refractivity contribution < 1.29 is 19.1 Å². The summed E-state index contributed by atoms with van der Waals surface area (Å²) >= 11 is 0. The molecule has 2 rings (SSSR count). The van der Waals surface area contributed by atoms with Crippen LogP contribution in [0.5, 0.6) is 0 Å². The van der Waals surface area contributed by atoms with E-state index in [9.17, 15) is 9.18 Å². The van der Waals surface area contributed by atoms with Gasteiger partial charge in [0.05, 0.1) is 0 Å². The minimum atomic E-state index is -0.526. The predicted molar refractivity (Wildman–Crippen MR) is 69.7 cm³/mol. The zero-order chi connectivity index (χ0) is 14.5. The zero-order valence-electron chi connectivity index (χ0n) is 10.8. The summed E-state index contributed by atoms with van der Waals surface area (Å²) < 4.78 is 19.0.